The van der Waals surface area contributed by atoms with Crippen LogP contribution < -0.4 is 15.8 Å². The van der Waals surface area contributed by atoms with Gasteiger partial charge in [-0.05, 0) is 12.8 Å². The Labute approximate surface area is 94.2 Å². The van der Waals surface area contributed by atoms with Crippen molar-refractivity contribution in [3.05, 3.63) is 17.9 Å². The van der Waals surface area contributed by atoms with Gasteiger partial charge in [0, 0.05) is 25.3 Å². The zero-order valence-corrected chi connectivity index (χ0v) is 9.29. The van der Waals surface area contributed by atoms with Crippen molar-refractivity contribution in [2.75, 3.05) is 31.3 Å². The van der Waals surface area contributed by atoms with Crippen LogP contribution in [0, 0.1) is 5.82 Å². The first-order valence-corrected chi connectivity index (χ1v) is 5.16. The molecule has 0 spiro atoms. The molecule has 0 radical (unpaired) electrons. The number of ether oxygens (including phenoxy) is 1. The summed E-state index contributed by atoms with van der Waals surface area (Å²) in [4.78, 5) is 0. The summed E-state index contributed by atoms with van der Waals surface area (Å²) in [6.45, 7) is 0.851. The van der Waals surface area contributed by atoms with Crippen molar-refractivity contribution in [1.82, 2.24) is 0 Å². The van der Waals surface area contributed by atoms with E-state index in [1.165, 1.54) is 19.2 Å². The molecule has 0 unspecified atom stereocenters. The molecule has 0 amide bonds. The number of nitrogens with one attached hydrogen (secondary N) is 1. The number of halogens is 1. The predicted octanol–water partition coefficient (Wildman–Crippen LogP) is 1.60. The third-order valence-electron chi connectivity index (χ3n) is 2.22. The van der Waals surface area contributed by atoms with Crippen LogP contribution in [0.3, 0.4) is 0 Å². The lowest BCUT2D eigenvalue weighted by molar-refractivity contribution is 0.286. The van der Waals surface area contributed by atoms with E-state index in [9.17, 15) is 4.39 Å². The Kier molecular flexibility index (Phi) is 4.85. The second kappa shape index (κ2) is 6.17. The van der Waals surface area contributed by atoms with Gasteiger partial charge >= 0.3 is 0 Å². The first-order valence-electron chi connectivity index (χ1n) is 5.16. The van der Waals surface area contributed by atoms with Crippen LogP contribution in [0.1, 0.15) is 12.8 Å². The molecule has 90 valence electrons. The van der Waals surface area contributed by atoms with Gasteiger partial charge in [0.05, 0.1) is 18.5 Å². The van der Waals surface area contributed by atoms with E-state index < -0.39 is 5.82 Å². The molecule has 4 N–H and O–H groups in total. The van der Waals surface area contributed by atoms with Crippen LogP contribution in [0.25, 0.3) is 0 Å². The van der Waals surface area contributed by atoms with Gasteiger partial charge in [-0.2, -0.15) is 0 Å². The maximum absolute atomic E-state index is 13.2. The Hall–Kier alpha value is -1.49. The molecule has 4 nitrogen and oxygen atoms in total. The molecule has 16 heavy (non-hydrogen) atoms. The molecule has 0 atom stereocenters. The fraction of sp³-hybridized carbons (Fsp3) is 0.455. The number of unbranched alkanes of at least 4 members (excludes halogenated alkanes) is 1. The van der Waals surface area contributed by atoms with Crippen LogP contribution in [0.15, 0.2) is 12.1 Å². The molecule has 1 aromatic carbocycles. The van der Waals surface area contributed by atoms with Crippen molar-refractivity contribution in [1.29, 1.82) is 0 Å². The molecule has 0 saturated carbocycles. The van der Waals surface area contributed by atoms with Gasteiger partial charge in [-0.3, -0.25) is 0 Å². The van der Waals surface area contributed by atoms with Crippen molar-refractivity contribution in [3.8, 4) is 5.75 Å². The Morgan fingerprint density at radius 2 is 2.19 bits per heavy atom. The minimum Gasteiger partial charge on any atom is -0.494 e. The van der Waals surface area contributed by atoms with Crippen molar-refractivity contribution < 1.29 is 14.2 Å². The summed E-state index contributed by atoms with van der Waals surface area (Å²) < 4.78 is 18.1. The molecule has 0 heterocycles. The maximum atomic E-state index is 13.2. The Balaban J connectivity index is 2.64. The average Bonchev–Trinajstić information content (AvgIpc) is 2.27. The number of benzene rings is 1. The standard InChI is InChI=1S/C11H17FN2O2/c1-16-11-7-10(9(13)6-8(11)12)14-4-2-3-5-15/h6-7,14-15H,2-5,13H2,1H3. The molecule has 0 aliphatic heterocycles. The van der Waals surface area contributed by atoms with E-state index in [2.05, 4.69) is 5.32 Å². The molecular weight excluding hydrogens is 211 g/mol. The van der Waals surface area contributed by atoms with E-state index >= 15 is 0 Å². The number of nitrogen functional groups attached to an aromatic ring is 1. The van der Waals surface area contributed by atoms with E-state index in [0.29, 0.717) is 17.9 Å². The minimum atomic E-state index is -0.471. The fourth-order valence-electron chi connectivity index (χ4n) is 1.34. The zero-order chi connectivity index (χ0) is 12.0. The molecule has 1 aromatic rings. The number of aliphatic hydroxyl groups is 1. The molecule has 0 fully saturated rings. The molecule has 0 bridgehead atoms. The normalized spacial score (nSPS) is 10.2. The Bertz CT molecular complexity index is 345. The SMILES string of the molecule is COc1cc(NCCCCO)c(N)cc1F. The summed E-state index contributed by atoms with van der Waals surface area (Å²) in [6.07, 6.45) is 1.56. The first-order chi connectivity index (χ1) is 7.69. The Morgan fingerprint density at radius 1 is 1.44 bits per heavy atom. The number of rotatable bonds is 6. The quantitative estimate of drug-likeness (QED) is 0.511. The number of aliphatic hydroxyl groups excluding tert-OH is 1. The van der Waals surface area contributed by atoms with E-state index in [1.54, 1.807) is 0 Å². The summed E-state index contributed by atoms with van der Waals surface area (Å²) >= 11 is 0. The number of hydrogen-bond acceptors (Lipinski definition) is 4. The van der Waals surface area contributed by atoms with Gasteiger partial charge in [0.1, 0.15) is 0 Å². The highest BCUT2D eigenvalue weighted by atomic mass is 19.1. The monoisotopic (exact) mass is 228 g/mol. The lowest BCUT2D eigenvalue weighted by Crippen LogP contribution is -2.06. The number of hydrogen-bond donors (Lipinski definition) is 3. The summed E-state index contributed by atoms with van der Waals surface area (Å²) in [7, 11) is 1.41. The smallest absolute Gasteiger partial charge is 0.167 e. The van der Waals surface area contributed by atoms with Crippen molar-refractivity contribution >= 4 is 11.4 Å². The van der Waals surface area contributed by atoms with Crippen LogP contribution in [-0.4, -0.2) is 25.4 Å². The third kappa shape index (κ3) is 3.27. The van der Waals surface area contributed by atoms with Gasteiger partial charge in [-0.15, -0.1) is 0 Å². The predicted molar refractivity (Wildman–Crippen MR) is 62.2 cm³/mol. The zero-order valence-electron chi connectivity index (χ0n) is 9.29. The van der Waals surface area contributed by atoms with Crippen molar-refractivity contribution in [3.63, 3.8) is 0 Å². The second-order valence-electron chi connectivity index (χ2n) is 3.43. The molecule has 5 heteroatoms. The van der Waals surface area contributed by atoms with Crippen molar-refractivity contribution in [2.45, 2.75) is 12.8 Å². The third-order valence-corrected chi connectivity index (χ3v) is 2.22. The van der Waals surface area contributed by atoms with E-state index in [4.69, 9.17) is 15.6 Å². The first kappa shape index (κ1) is 12.6. The lowest BCUT2D eigenvalue weighted by Gasteiger charge is -2.11. The van der Waals surface area contributed by atoms with Crippen LogP contribution in [0.2, 0.25) is 0 Å². The van der Waals surface area contributed by atoms with Crippen LogP contribution in [-0.2, 0) is 0 Å². The highest BCUT2D eigenvalue weighted by molar-refractivity contribution is 5.68. The molecule has 0 saturated heterocycles. The summed E-state index contributed by atoms with van der Waals surface area (Å²) in [5, 5.41) is 11.7. The van der Waals surface area contributed by atoms with Gasteiger partial charge < -0.3 is 20.9 Å². The highest BCUT2D eigenvalue weighted by Crippen LogP contribution is 2.27. The van der Waals surface area contributed by atoms with Crippen LogP contribution in [0.4, 0.5) is 15.8 Å². The van der Waals surface area contributed by atoms with Gasteiger partial charge in [0.15, 0.2) is 11.6 Å². The van der Waals surface area contributed by atoms with Gasteiger partial charge in [0.2, 0.25) is 0 Å². The molecule has 0 aromatic heterocycles. The van der Waals surface area contributed by atoms with Gasteiger partial charge in [-0.25, -0.2) is 4.39 Å². The fourth-order valence-corrected chi connectivity index (χ4v) is 1.34. The molecule has 0 aliphatic carbocycles. The summed E-state index contributed by atoms with van der Waals surface area (Å²) in [5.41, 5.74) is 6.65. The second-order valence-corrected chi connectivity index (χ2v) is 3.43. The minimum absolute atomic E-state index is 0.166. The van der Waals surface area contributed by atoms with Gasteiger partial charge in [-0.1, -0.05) is 0 Å². The molecule has 0 aliphatic rings. The number of anilines is 2. The van der Waals surface area contributed by atoms with E-state index in [1.807, 2.05) is 0 Å². The Morgan fingerprint density at radius 3 is 2.81 bits per heavy atom. The largest absolute Gasteiger partial charge is 0.494 e. The number of methoxy groups -OCH3 is 1. The summed E-state index contributed by atoms with van der Waals surface area (Å²) in [6, 6.07) is 2.76. The average molecular weight is 228 g/mol. The van der Waals surface area contributed by atoms with E-state index in [-0.39, 0.29) is 12.4 Å². The topological polar surface area (TPSA) is 67.5 Å². The maximum Gasteiger partial charge on any atom is 0.167 e. The lowest BCUT2D eigenvalue weighted by atomic mass is 10.2. The highest BCUT2D eigenvalue weighted by Gasteiger charge is 2.07. The van der Waals surface area contributed by atoms with Crippen LogP contribution in [0.5, 0.6) is 5.75 Å². The summed E-state index contributed by atoms with van der Waals surface area (Å²) in [5.74, 6) is -0.306. The van der Waals surface area contributed by atoms with E-state index in [0.717, 1.165) is 12.8 Å². The molecular formula is C11H17FN2O2. The molecule has 1 rings (SSSR count). The van der Waals surface area contributed by atoms with Crippen molar-refractivity contribution in [2.24, 2.45) is 0 Å². The van der Waals surface area contributed by atoms with Gasteiger partial charge in [0.25, 0.3) is 0 Å². The van der Waals surface area contributed by atoms with Crippen LogP contribution >= 0.6 is 0 Å². The number of nitrogens with two attached hydrogens (primary N) is 1.